The summed E-state index contributed by atoms with van der Waals surface area (Å²) in [5.74, 6) is 0.427. The quantitative estimate of drug-likeness (QED) is 0.316. The molecule has 25 heavy (non-hydrogen) atoms. The van der Waals surface area contributed by atoms with Crippen molar-refractivity contribution in [3.8, 4) is 0 Å². The molecule has 1 aromatic rings. The van der Waals surface area contributed by atoms with E-state index in [9.17, 15) is 9.90 Å². The van der Waals surface area contributed by atoms with Crippen molar-refractivity contribution in [3.63, 3.8) is 0 Å². The van der Waals surface area contributed by atoms with E-state index < -0.39 is 6.10 Å². The van der Waals surface area contributed by atoms with Gasteiger partial charge in [0.2, 0.25) is 0 Å². The molecule has 1 saturated carbocycles. The summed E-state index contributed by atoms with van der Waals surface area (Å²) in [4.78, 5) is 11.6. The molecule has 2 aliphatic rings. The minimum atomic E-state index is -0.471. The molecule has 0 spiro atoms. The maximum Gasteiger partial charge on any atom is 0.306 e. The molecule has 1 saturated heterocycles. The van der Waals surface area contributed by atoms with E-state index in [1.54, 1.807) is 0 Å². The van der Waals surface area contributed by atoms with E-state index in [2.05, 4.69) is 18.2 Å². The standard InChI is InChI=1S/C18H25BO4P2/c20-13(7-6-12-4-2-1-3-5-12)8-9-14-15-10-18(21)23-16(15)11-17(14)24-25-19-22/h1-5,8-9,13-17,19-20,22,24-25H,6-7,10-11H2/b9-8+/t13-,14-,15-,16+,17-/m1/s1. The van der Waals surface area contributed by atoms with Crippen molar-refractivity contribution in [2.45, 2.75) is 43.6 Å². The monoisotopic (exact) mass is 378 g/mol. The summed E-state index contributed by atoms with van der Waals surface area (Å²) in [6.45, 7) is 0. The van der Waals surface area contributed by atoms with E-state index in [1.807, 2.05) is 24.3 Å². The normalized spacial score (nSPS) is 30.6. The van der Waals surface area contributed by atoms with Crippen LogP contribution in [0, 0.1) is 11.8 Å². The molecule has 0 amide bonds. The number of ether oxygens (including phenoxy) is 1. The first-order valence-electron chi connectivity index (χ1n) is 8.86. The molecule has 1 aromatic carbocycles. The van der Waals surface area contributed by atoms with Crippen LogP contribution in [0.15, 0.2) is 42.5 Å². The van der Waals surface area contributed by atoms with Crippen molar-refractivity contribution in [2.24, 2.45) is 11.8 Å². The molecule has 2 fully saturated rings. The third kappa shape index (κ3) is 5.14. The highest BCUT2D eigenvalue weighted by Gasteiger charge is 2.48. The summed E-state index contributed by atoms with van der Waals surface area (Å²) in [5.41, 5.74) is 1.69. The van der Waals surface area contributed by atoms with Crippen molar-refractivity contribution in [2.75, 3.05) is 0 Å². The largest absolute Gasteiger partial charge is 0.462 e. The first kappa shape index (κ1) is 19.0. The molecule has 3 rings (SSSR count). The van der Waals surface area contributed by atoms with E-state index in [1.165, 1.54) is 5.56 Å². The molecule has 2 unspecified atom stereocenters. The van der Waals surface area contributed by atoms with Gasteiger partial charge in [-0.3, -0.25) is 4.79 Å². The number of esters is 1. The van der Waals surface area contributed by atoms with Crippen LogP contribution in [0.4, 0.5) is 0 Å². The van der Waals surface area contributed by atoms with Gasteiger partial charge in [-0.15, -0.1) is 16.4 Å². The van der Waals surface area contributed by atoms with Gasteiger partial charge in [0.1, 0.15) is 6.10 Å². The van der Waals surface area contributed by atoms with Gasteiger partial charge in [-0.2, -0.15) is 0 Å². The zero-order chi connectivity index (χ0) is 17.6. The molecule has 2 N–H and O–H groups in total. The maximum atomic E-state index is 11.6. The van der Waals surface area contributed by atoms with Crippen LogP contribution in [0.2, 0.25) is 0 Å². The highest BCUT2D eigenvalue weighted by molar-refractivity contribution is 8.24. The highest BCUT2D eigenvalue weighted by Crippen LogP contribution is 2.54. The summed E-state index contributed by atoms with van der Waals surface area (Å²) in [6, 6.07) is 10.2. The number of carbonyl (C=O) groups excluding carboxylic acids is 1. The molecule has 0 radical (unpaired) electrons. The lowest BCUT2D eigenvalue weighted by molar-refractivity contribution is -0.141. The molecule has 7 heteroatoms. The Morgan fingerprint density at radius 1 is 1.36 bits per heavy atom. The van der Waals surface area contributed by atoms with E-state index in [0.29, 0.717) is 34.9 Å². The van der Waals surface area contributed by atoms with Crippen LogP contribution in [0.25, 0.3) is 0 Å². The van der Waals surface area contributed by atoms with Gasteiger partial charge in [0.25, 0.3) is 0 Å². The van der Waals surface area contributed by atoms with Gasteiger partial charge in [0.15, 0.2) is 0 Å². The number of aryl methyl sites for hydroxylation is 1. The van der Waals surface area contributed by atoms with E-state index in [0.717, 1.165) is 12.8 Å². The Balaban J connectivity index is 1.57. The van der Waals surface area contributed by atoms with Crippen LogP contribution in [0.5, 0.6) is 0 Å². The molecule has 134 valence electrons. The molecule has 1 heterocycles. The minimum Gasteiger partial charge on any atom is -0.462 e. The first-order valence-corrected chi connectivity index (χ1v) is 12.1. The summed E-state index contributed by atoms with van der Waals surface area (Å²) in [7, 11) is 1.50. The Hall–Kier alpha value is -0.725. The van der Waals surface area contributed by atoms with E-state index in [-0.39, 0.29) is 31.1 Å². The van der Waals surface area contributed by atoms with Crippen molar-refractivity contribution < 1.29 is 19.7 Å². The van der Waals surface area contributed by atoms with Crippen molar-refractivity contribution in [1.29, 1.82) is 0 Å². The predicted molar refractivity (Wildman–Crippen MR) is 106 cm³/mol. The number of carbonyl (C=O) groups is 1. The Bertz CT molecular complexity index is 598. The van der Waals surface area contributed by atoms with Gasteiger partial charge in [0.05, 0.1) is 12.5 Å². The second kappa shape index (κ2) is 9.28. The summed E-state index contributed by atoms with van der Waals surface area (Å²) in [6.07, 6.45) is 6.51. The Labute approximate surface area is 153 Å². The second-order valence-electron chi connectivity index (χ2n) is 6.77. The average Bonchev–Trinajstić information content (AvgIpc) is 3.13. The topological polar surface area (TPSA) is 66.8 Å². The molecule has 4 nitrogen and oxygen atoms in total. The van der Waals surface area contributed by atoms with Gasteiger partial charge in [-0.1, -0.05) is 42.5 Å². The van der Waals surface area contributed by atoms with Gasteiger partial charge in [0, 0.05) is 5.92 Å². The molecule has 1 aliphatic heterocycles. The molecular formula is C18H25BO4P2. The van der Waals surface area contributed by atoms with Gasteiger partial charge in [-0.05, 0) is 36.4 Å². The number of hydrogen-bond donors (Lipinski definition) is 2. The average molecular weight is 378 g/mol. The molecule has 0 bridgehead atoms. The van der Waals surface area contributed by atoms with Gasteiger partial charge < -0.3 is 14.9 Å². The lowest BCUT2D eigenvalue weighted by Gasteiger charge is -2.19. The molecule has 7 atom stereocenters. The Morgan fingerprint density at radius 3 is 2.92 bits per heavy atom. The Morgan fingerprint density at radius 2 is 2.16 bits per heavy atom. The summed E-state index contributed by atoms with van der Waals surface area (Å²) >= 11 is 0. The van der Waals surface area contributed by atoms with Gasteiger partial charge >= 0.3 is 13.2 Å². The van der Waals surface area contributed by atoms with Crippen LogP contribution >= 0.6 is 16.4 Å². The zero-order valence-electron chi connectivity index (χ0n) is 14.2. The van der Waals surface area contributed by atoms with Crippen LogP contribution in [-0.4, -0.2) is 41.2 Å². The molecule has 1 aliphatic carbocycles. The Kier molecular flexibility index (Phi) is 7.07. The zero-order valence-corrected chi connectivity index (χ0v) is 16.2. The van der Waals surface area contributed by atoms with Crippen LogP contribution in [0.3, 0.4) is 0 Å². The third-order valence-electron chi connectivity index (χ3n) is 5.10. The number of aliphatic hydroxyl groups is 1. The van der Waals surface area contributed by atoms with Crippen molar-refractivity contribution in [1.82, 2.24) is 0 Å². The number of hydrogen-bond acceptors (Lipinski definition) is 4. The highest BCUT2D eigenvalue weighted by atomic mass is 32.0. The summed E-state index contributed by atoms with van der Waals surface area (Å²) in [5, 5.41) is 19.4. The summed E-state index contributed by atoms with van der Waals surface area (Å²) < 4.78 is 5.45. The van der Waals surface area contributed by atoms with E-state index in [4.69, 9.17) is 9.76 Å². The minimum absolute atomic E-state index is 0.0320. The lowest BCUT2D eigenvalue weighted by atomic mass is 9.92. The SMILES string of the molecule is O=C1C[C@@H]2[C@@H](/C=C/[C@H](O)CCc3ccccc3)[C@H](PPBO)C[C@@H]2O1. The van der Waals surface area contributed by atoms with Crippen LogP contribution in [0.1, 0.15) is 24.8 Å². The van der Waals surface area contributed by atoms with Crippen LogP contribution in [-0.2, 0) is 16.0 Å². The van der Waals surface area contributed by atoms with Gasteiger partial charge in [-0.25, -0.2) is 0 Å². The number of rotatable bonds is 8. The maximum absolute atomic E-state index is 11.6. The molecule has 0 aromatic heterocycles. The smallest absolute Gasteiger partial charge is 0.306 e. The van der Waals surface area contributed by atoms with Crippen LogP contribution < -0.4 is 0 Å². The van der Waals surface area contributed by atoms with E-state index >= 15 is 0 Å². The number of aliphatic hydroxyl groups excluding tert-OH is 1. The van der Waals surface area contributed by atoms with Crippen molar-refractivity contribution >= 4 is 29.6 Å². The lowest BCUT2D eigenvalue weighted by Crippen LogP contribution is -2.16. The first-order chi connectivity index (χ1) is 12.2. The molecular weight excluding hydrogens is 353 g/mol. The second-order valence-corrected chi connectivity index (χ2v) is 10.4. The van der Waals surface area contributed by atoms with Crippen molar-refractivity contribution in [3.05, 3.63) is 48.0 Å². The fourth-order valence-corrected chi connectivity index (χ4v) is 7.11. The predicted octanol–water partition coefficient (Wildman–Crippen LogP) is 2.39. The fraction of sp³-hybridized carbons (Fsp3) is 0.500. The number of allylic oxidation sites excluding steroid dienone is 1. The third-order valence-corrected chi connectivity index (χ3v) is 8.65. The number of fused-ring (bicyclic) bond motifs is 1. The fourth-order valence-electron chi connectivity index (χ4n) is 3.86. The number of benzene rings is 1.